The van der Waals surface area contributed by atoms with E-state index in [4.69, 9.17) is 11.6 Å². The van der Waals surface area contributed by atoms with Crippen molar-refractivity contribution in [2.75, 3.05) is 0 Å². The molecular formula is C16H20ClFO. The van der Waals surface area contributed by atoms with Crippen LogP contribution in [0.1, 0.15) is 51.5 Å². The number of carbonyl (C=O) groups excluding carboxylic acids is 1. The Hall–Kier alpha value is -0.890. The zero-order valence-corrected chi connectivity index (χ0v) is 12.4. The predicted molar refractivity (Wildman–Crippen MR) is 76.0 cm³/mol. The Bertz CT molecular complexity index is 490. The van der Waals surface area contributed by atoms with Gasteiger partial charge in [-0.3, -0.25) is 4.79 Å². The zero-order chi connectivity index (χ0) is 14.2. The number of hydrogen-bond donors (Lipinski definition) is 0. The molecule has 1 aliphatic carbocycles. The van der Waals surface area contributed by atoms with E-state index in [1.54, 1.807) is 12.1 Å². The van der Waals surface area contributed by atoms with Crippen molar-refractivity contribution in [3.8, 4) is 0 Å². The lowest BCUT2D eigenvalue weighted by atomic mass is 9.76. The van der Waals surface area contributed by atoms with E-state index in [0.717, 1.165) is 19.3 Å². The smallest absolute Gasteiger partial charge is 0.141 e. The summed E-state index contributed by atoms with van der Waals surface area (Å²) in [7, 11) is 0. The number of hydrogen-bond acceptors (Lipinski definition) is 1. The molecule has 0 radical (unpaired) electrons. The van der Waals surface area contributed by atoms with Crippen molar-refractivity contribution in [1.29, 1.82) is 0 Å². The van der Waals surface area contributed by atoms with Gasteiger partial charge in [0, 0.05) is 16.4 Å². The normalized spacial score (nSPS) is 23.6. The largest absolute Gasteiger partial charge is 0.299 e. The van der Waals surface area contributed by atoms with Crippen LogP contribution in [0.25, 0.3) is 0 Å². The number of rotatable bonds is 2. The maximum atomic E-state index is 14.0. The monoisotopic (exact) mass is 282 g/mol. The minimum atomic E-state index is -0.365. The molecule has 2 rings (SSSR count). The summed E-state index contributed by atoms with van der Waals surface area (Å²) in [6.07, 6.45) is 2.73. The maximum absolute atomic E-state index is 14.0. The molecule has 0 aromatic heterocycles. The van der Waals surface area contributed by atoms with Gasteiger partial charge in [0.15, 0.2) is 0 Å². The van der Waals surface area contributed by atoms with E-state index >= 15 is 0 Å². The van der Waals surface area contributed by atoms with Crippen LogP contribution in [0.2, 0.25) is 5.02 Å². The van der Waals surface area contributed by atoms with Crippen molar-refractivity contribution >= 4 is 17.4 Å². The standard InChI is InChI=1S/C16H20ClFO/c1-16(2,3)15(19)13-6-4-5-11(13)12-8-7-10(17)9-14(12)18/h7-9,11,13H,4-6H2,1-3H3/t11-,13+/m0/s1. The van der Waals surface area contributed by atoms with Crippen LogP contribution in [0.5, 0.6) is 0 Å². The molecule has 1 aromatic rings. The second-order valence-corrected chi connectivity index (χ2v) is 6.86. The average molecular weight is 283 g/mol. The van der Waals surface area contributed by atoms with E-state index in [0.29, 0.717) is 10.6 Å². The fourth-order valence-corrected chi connectivity index (χ4v) is 3.16. The minimum Gasteiger partial charge on any atom is -0.299 e. The molecule has 104 valence electrons. The fourth-order valence-electron chi connectivity index (χ4n) is 3.00. The van der Waals surface area contributed by atoms with Crippen LogP contribution in [-0.4, -0.2) is 5.78 Å². The van der Waals surface area contributed by atoms with Crippen molar-refractivity contribution < 1.29 is 9.18 Å². The van der Waals surface area contributed by atoms with Crippen molar-refractivity contribution in [3.63, 3.8) is 0 Å². The van der Waals surface area contributed by atoms with Gasteiger partial charge in [-0.05, 0) is 36.5 Å². The number of halogens is 2. The Labute approximate surface area is 119 Å². The van der Waals surface area contributed by atoms with E-state index in [2.05, 4.69) is 0 Å². The van der Waals surface area contributed by atoms with Crippen LogP contribution >= 0.6 is 11.6 Å². The Morgan fingerprint density at radius 2 is 2.00 bits per heavy atom. The lowest BCUT2D eigenvalue weighted by molar-refractivity contribution is -0.130. The van der Waals surface area contributed by atoms with Gasteiger partial charge in [-0.2, -0.15) is 0 Å². The Morgan fingerprint density at radius 3 is 2.58 bits per heavy atom. The summed E-state index contributed by atoms with van der Waals surface area (Å²) in [5.74, 6) is -0.102. The van der Waals surface area contributed by atoms with Crippen molar-refractivity contribution in [1.82, 2.24) is 0 Å². The van der Waals surface area contributed by atoms with Crippen LogP contribution in [0, 0.1) is 17.2 Å². The van der Waals surface area contributed by atoms with Crippen LogP contribution in [0.3, 0.4) is 0 Å². The molecule has 0 bridgehead atoms. The lowest BCUT2D eigenvalue weighted by Crippen LogP contribution is -2.30. The van der Waals surface area contributed by atoms with E-state index in [1.807, 2.05) is 20.8 Å². The maximum Gasteiger partial charge on any atom is 0.141 e. The molecule has 0 amide bonds. The highest BCUT2D eigenvalue weighted by atomic mass is 35.5. The minimum absolute atomic E-state index is 0.00370. The summed E-state index contributed by atoms with van der Waals surface area (Å²) in [5.41, 5.74) is 0.278. The van der Waals surface area contributed by atoms with Gasteiger partial charge in [0.25, 0.3) is 0 Å². The molecule has 3 heteroatoms. The summed E-state index contributed by atoms with van der Waals surface area (Å²) < 4.78 is 14.0. The van der Waals surface area contributed by atoms with Gasteiger partial charge in [0.1, 0.15) is 11.6 Å². The predicted octanol–water partition coefficient (Wildman–Crippen LogP) is 4.98. The summed E-state index contributed by atoms with van der Waals surface area (Å²) in [6, 6.07) is 4.78. The van der Waals surface area contributed by atoms with Crippen molar-refractivity contribution in [2.24, 2.45) is 11.3 Å². The highest BCUT2D eigenvalue weighted by Gasteiger charge is 2.39. The summed E-state index contributed by atoms with van der Waals surface area (Å²) in [6.45, 7) is 5.80. The molecule has 0 aliphatic heterocycles. The highest BCUT2D eigenvalue weighted by molar-refractivity contribution is 6.30. The quantitative estimate of drug-likeness (QED) is 0.748. The molecule has 0 N–H and O–H groups in total. The first-order valence-electron chi connectivity index (χ1n) is 6.80. The fraction of sp³-hybridized carbons (Fsp3) is 0.562. The van der Waals surface area contributed by atoms with Crippen molar-refractivity contribution in [2.45, 2.75) is 46.0 Å². The van der Waals surface area contributed by atoms with E-state index in [1.165, 1.54) is 6.07 Å². The molecule has 1 aromatic carbocycles. The van der Waals surface area contributed by atoms with Crippen molar-refractivity contribution in [3.05, 3.63) is 34.6 Å². The third kappa shape index (κ3) is 3.00. The van der Waals surface area contributed by atoms with E-state index in [9.17, 15) is 9.18 Å². The number of Topliss-reactive ketones (excluding diaryl/α,β-unsaturated/α-hetero) is 1. The van der Waals surface area contributed by atoms with E-state index < -0.39 is 0 Å². The molecule has 1 saturated carbocycles. The first-order chi connectivity index (χ1) is 8.80. The van der Waals surface area contributed by atoms with Gasteiger partial charge >= 0.3 is 0 Å². The second kappa shape index (κ2) is 5.24. The first-order valence-corrected chi connectivity index (χ1v) is 7.18. The number of ketones is 1. The number of benzene rings is 1. The van der Waals surface area contributed by atoms with Gasteiger partial charge in [0.2, 0.25) is 0 Å². The first kappa shape index (κ1) is 14.5. The molecule has 1 nitrogen and oxygen atoms in total. The summed E-state index contributed by atoms with van der Waals surface area (Å²) in [5, 5.41) is 0.401. The topological polar surface area (TPSA) is 17.1 Å². The van der Waals surface area contributed by atoms with Crippen LogP contribution < -0.4 is 0 Å². The third-order valence-electron chi connectivity index (χ3n) is 3.95. The Morgan fingerprint density at radius 1 is 1.32 bits per heavy atom. The molecule has 0 spiro atoms. The van der Waals surface area contributed by atoms with Gasteiger partial charge in [-0.25, -0.2) is 4.39 Å². The second-order valence-electron chi connectivity index (χ2n) is 6.42. The molecular weight excluding hydrogens is 263 g/mol. The zero-order valence-electron chi connectivity index (χ0n) is 11.7. The SMILES string of the molecule is CC(C)(C)C(=O)[C@@H]1CCC[C@H]1c1ccc(Cl)cc1F. The van der Waals surface area contributed by atoms with Gasteiger partial charge in [0.05, 0.1) is 0 Å². The van der Waals surface area contributed by atoms with Crippen LogP contribution in [-0.2, 0) is 4.79 Å². The summed E-state index contributed by atoms with van der Waals surface area (Å²) in [4.78, 5) is 12.5. The number of carbonyl (C=O) groups is 1. The van der Waals surface area contributed by atoms with Crippen LogP contribution in [0.4, 0.5) is 4.39 Å². The molecule has 0 heterocycles. The Kier molecular flexibility index (Phi) is 4.00. The van der Waals surface area contributed by atoms with Gasteiger partial charge in [-0.15, -0.1) is 0 Å². The lowest BCUT2D eigenvalue weighted by Gasteiger charge is -2.26. The average Bonchev–Trinajstić information content (AvgIpc) is 2.75. The van der Waals surface area contributed by atoms with Gasteiger partial charge < -0.3 is 0 Å². The van der Waals surface area contributed by atoms with E-state index in [-0.39, 0.29) is 28.9 Å². The third-order valence-corrected chi connectivity index (χ3v) is 4.19. The molecule has 1 fully saturated rings. The Balaban J connectivity index is 2.31. The highest BCUT2D eigenvalue weighted by Crippen LogP contribution is 2.44. The molecule has 19 heavy (non-hydrogen) atoms. The molecule has 0 saturated heterocycles. The van der Waals surface area contributed by atoms with Crippen LogP contribution in [0.15, 0.2) is 18.2 Å². The summed E-state index contributed by atoms with van der Waals surface area (Å²) >= 11 is 5.79. The molecule has 0 unspecified atom stereocenters. The molecule has 1 aliphatic rings. The van der Waals surface area contributed by atoms with Gasteiger partial charge in [-0.1, -0.05) is 44.9 Å². The molecule has 2 atom stereocenters.